The normalized spacial score (nSPS) is 16.3. The Morgan fingerprint density at radius 1 is 1.00 bits per heavy atom. The molecule has 15 heavy (non-hydrogen) atoms. The Bertz CT molecular complexity index is 475. The van der Waals surface area contributed by atoms with Gasteiger partial charge in [-0.25, -0.2) is 0 Å². The number of nitrogens with one attached hydrogen (secondary N) is 2. The number of anilines is 2. The Kier molecular flexibility index (Phi) is 1.96. The molecule has 0 unspecified atom stereocenters. The lowest BCUT2D eigenvalue weighted by Crippen LogP contribution is -2.12. The molecule has 0 amide bonds. The third-order valence-corrected chi connectivity index (χ3v) is 3.04. The zero-order valence-electron chi connectivity index (χ0n) is 8.18. The van der Waals surface area contributed by atoms with Crippen molar-refractivity contribution in [3.05, 3.63) is 34.4 Å². The zero-order chi connectivity index (χ0) is 10.3. The molecule has 1 aromatic carbocycles. The van der Waals surface area contributed by atoms with E-state index in [-0.39, 0.29) is 0 Å². The smallest absolute Gasteiger partial charge is 0.0673 e. The number of fused-ring (bicyclic) bond motifs is 3. The van der Waals surface area contributed by atoms with E-state index < -0.39 is 0 Å². The number of benzene rings is 1. The first-order chi connectivity index (χ1) is 7.36. The van der Waals surface area contributed by atoms with Crippen molar-refractivity contribution in [3.8, 4) is 0 Å². The predicted octanol–water partition coefficient (Wildman–Crippen LogP) is 3.22. The van der Waals surface area contributed by atoms with Gasteiger partial charge in [0.15, 0.2) is 0 Å². The van der Waals surface area contributed by atoms with Gasteiger partial charge in [0, 0.05) is 24.2 Å². The van der Waals surface area contributed by atoms with E-state index in [1.165, 1.54) is 5.69 Å². The molecule has 2 aliphatic heterocycles. The van der Waals surface area contributed by atoms with Gasteiger partial charge in [-0.3, -0.25) is 0 Å². The van der Waals surface area contributed by atoms with Gasteiger partial charge in [-0.2, -0.15) is 0 Å². The molecule has 3 rings (SSSR count). The predicted molar refractivity (Wildman–Crippen MR) is 66.5 cm³/mol. The van der Waals surface area contributed by atoms with E-state index in [2.05, 4.69) is 34.9 Å². The summed E-state index contributed by atoms with van der Waals surface area (Å²) in [4.78, 5) is 0. The Balaban J connectivity index is 2.29. The molecular formula is C12H11ClN2. The molecule has 76 valence electrons. The summed E-state index contributed by atoms with van der Waals surface area (Å²) in [6, 6.07) is 2.01. The number of hydrogen-bond acceptors (Lipinski definition) is 2. The summed E-state index contributed by atoms with van der Waals surface area (Å²) in [6.45, 7) is 1.75. The summed E-state index contributed by atoms with van der Waals surface area (Å²) in [6.07, 6.45) is 8.37. The van der Waals surface area contributed by atoms with Gasteiger partial charge in [-0.15, -0.1) is 0 Å². The van der Waals surface area contributed by atoms with Gasteiger partial charge in [0.05, 0.1) is 16.4 Å². The van der Waals surface area contributed by atoms with Crippen molar-refractivity contribution < 1.29 is 0 Å². The van der Waals surface area contributed by atoms with Gasteiger partial charge in [-0.05, 0) is 6.07 Å². The van der Waals surface area contributed by atoms with Gasteiger partial charge >= 0.3 is 0 Å². The Morgan fingerprint density at radius 3 is 2.60 bits per heavy atom. The molecule has 3 heteroatoms. The maximum Gasteiger partial charge on any atom is 0.0673 e. The second-order valence-corrected chi connectivity index (χ2v) is 4.09. The highest BCUT2D eigenvalue weighted by atomic mass is 35.5. The molecule has 0 atom stereocenters. The molecule has 2 aliphatic rings. The SMILES string of the molecule is Clc1cc2c(c3c1C=CCN3)NCC=C2. The summed E-state index contributed by atoms with van der Waals surface area (Å²) in [5.74, 6) is 0. The monoisotopic (exact) mass is 218 g/mol. The van der Waals surface area contributed by atoms with Gasteiger partial charge in [0.25, 0.3) is 0 Å². The van der Waals surface area contributed by atoms with E-state index in [9.17, 15) is 0 Å². The van der Waals surface area contributed by atoms with Crippen molar-refractivity contribution >= 4 is 35.1 Å². The average Bonchev–Trinajstić information content (AvgIpc) is 2.30. The maximum absolute atomic E-state index is 6.23. The Hall–Kier alpha value is -1.41. The van der Waals surface area contributed by atoms with Crippen molar-refractivity contribution in [2.75, 3.05) is 23.7 Å². The van der Waals surface area contributed by atoms with E-state index in [1.807, 2.05) is 6.07 Å². The number of rotatable bonds is 0. The van der Waals surface area contributed by atoms with E-state index in [4.69, 9.17) is 11.6 Å². The third kappa shape index (κ3) is 1.33. The van der Waals surface area contributed by atoms with Gasteiger partial charge < -0.3 is 10.6 Å². The largest absolute Gasteiger partial charge is 0.379 e. The van der Waals surface area contributed by atoms with Crippen LogP contribution in [0.5, 0.6) is 0 Å². The number of halogens is 1. The van der Waals surface area contributed by atoms with Crippen LogP contribution in [-0.4, -0.2) is 13.1 Å². The van der Waals surface area contributed by atoms with Crippen LogP contribution in [0.15, 0.2) is 18.2 Å². The molecule has 0 aromatic heterocycles. The second kappa shape index (κ2) is 3.31. The molecule has 1 aromatic rings. The minimum Gasteiger partial charge on any atom is -0.379 e. The van der Waals surface area contributed by atoms with Crippen molar-refractivity contribution in [3.63, 3.8) is 0 Å². The van der Waals surface area contributed by atoms with Gasteiger partial charge in [0.1, 0.15) is 0 Å². The average molecular weight is 219 g/mol. The molecule has 0 aliphatic carbocycles. The van der Waals surface area contributed by atoms with Crippen molar-refractivity contribution in [1.29, 1.82) is 0 Å². The highest BCUT2D eigenvalue weighted by Crippen LogP contribution is 2.39. The minimum absolute atomic E-state index is 0.806. The molecule has 2 heterocycles. The number of hydrogen-bond donors (Lipinski definition) is 2. The van der Waals surface area contributed by atoms with Crippen molar-refractivity contribution in [1.82, 2.24) is 0 Å². The van der Waals surface area contributed by atoms with Crippen LogP contribution in [-0.2, 0) is 0 Å². The zero-order valence-corrected chi connectivity index (χ0v) is 8.93. The highest BCUT2D eigenvalue weighted by Gasteiger charge is 2.17. The standard InChI is InChI=1S/C12H11ClN2/c13-10-7-8-3-1-5-14-11(8)12-9(10)4-2-6-15-12/h1-4,7,14-15H,5-6H2. The van der Waals surface area contributed by atoms with E-state index in [0.29, 0.717) is 0 Å². The van der Waals surface area contributed by atoms with Crippen molar-refractivity contribution in [2.45, 2.75) is 0 Å². The van der Waals surface area contributed by atoms with Crippen LogP contribution in [0.1, 0.15) is 11.1 Å². The first-order valence-corrected chi connectivity index (χ1v) is 5.41. The molecule has 0 bridgehead atoms. The fourth-order valence-corrected chi connectivity index (χ4v) is 2.31. The highest BCUT2D eigenvalue weighted by molar-refractivity contribution is 6.33. The van der Waals surface area contributed by atoms with Crippen LogP contribution in [0, 0.1) is 0 Å². The van der Waals surface area contributed by atoms with E-state index >= 15 is 0 Å². The summed E-state index contributed by atoms with van der Waals surface area (Å²) < 4.78 is 0. The van der Waals surface area contributed by atoms with Crippen LogP contribution in [0.25, 0.3) is 12.2 Å². The molecule has 2 N–H and O–H groups in total. The second-order valence-electron chi connectivity index (χ2n) is 3.68. The molecule has 0 saturated carbocycles. The topological polar surface area (TPSA) is 24.1 Å². The summed E-state index contributed by atoms with van der Waals surface area (Å²) in [7, 11) is 0. The molecule has 2 nitrogen and oxygen atoms in total. The molecule has 0 spiro atoms. The van der Waals surface area contributed by atoms with Gasteiger partial charge in [-0.1, -0.05) is 35.9 Å². The third-order valence-electron chi connectivity index (χ3n) is 2.72. The van der Waals surface area contributed by atoms with Crippen LogP contribution >= 0.6 is 11.6 Å². The van der Waals surface area contributed by atoms with E-state index in [0.717, 1.165) is 34.9 Å². The summed E-state index contributed by atoms with van der Waals surface area (Å²) in [5, 5.41) is 7.55. The Morgan fingerprint density at radius 2 is 1.73 bits per heavy atom. The first-order valence-electron chi connectivity index (χ1n) is 5.03. The molecular weight excluding hydrogens is 208 g/mol. The lowest BCUT2D eigenvalue weighted by Gasteiger charge is -2.23. The minimum atomic E-state index is 0.806. The van der Waals surface area contributed by atoms with Crippen LogP contribution in [0.4, 0.5) is 11.4 Å². The lowest BCUT2D eigenvalue weighted by molar-refractivity contribution is 1.26. The Labute approximate surface area is 93.6 Å². The van der Waals surface area contributed by atoms with Crippen LogP contribution in [0.2, 0.25) is 5.02 Å². The quantitative estimate of drug-likeness (QED) is 0.699. The first kappa shape index (κ1) is 8.86. The summed E-state index contributed by atoms with van der Waals surface area (Å²) >= 11 is 6.23. The fourth-order valence-electron chi connectivity index (χ4n) is 2.04. The fraction of sp³-hybridized carbons (Fsp3) is 0.167. The molecule has 0 saturated heterocycles. The maximum atomic E-state index is 6.23. The van der Waals surface area contributed by atoms with Crippen LogP contribution in [0.3, 0.4) is 0 Å². The molecule has 0 radical (unpaired) electrons. The van der Waals surface area contributed by atoms with Gasteiger partial charge in [0.2, 0.25) is 0 Å². The lowest BCUT2D eigenvalue weighted by atomic mass is 10.0. The molecule has 0 fully saturated rings. The summed E-state index contributed by atoms with van der Waals surface area (Å²) in [5.41, 5.74) is 4.54. The van der Waals surface area contributed by atoms with Crippen LogP contribution < -0.4 is 10.6 Å². The van der Waals surface area contributed by atoms with E-state index in [1.54, 1.807) is 0 Å². The van der Waals surface area contributed by atoms with Crippen molar-refractivity contribution in [2.24, 2.45) is 0 Å².